The Morgan fingerprint density at radius 2 is 2.12 bits per heavy atom. The lowest BCUT2D eigenvalue weighted by Crippen LogP contribution is -2.59. The summed E-state index contributed by atoms with van der Waals surface area (Å²) in [4.78, 5) is 13.7. The standard InChI is InChI=1S/C17H26N4O4/c22-15(23)7-16(2-1-3-16)21-4-5-24-11-17(10-21)6-14(9-25-17)8-20-12-18-19-13-20/h12-14H,1-11H2,(H,22,23). The van der Waals surface area contributed by atoms with Gasteiger partial charge in [0, 0.05) is 31.1 Å². The summed E-state index contributed by atoms with van der Waals surface area (Å²) in [5, 5.41) is 17.1. The number of nitrogens with zero attached hydrogens (tertiary/aromatic N) is 4. The number of hydrogen-bond donors (Lipinski definition) is 1. The molecule has 3 heterocycles. The van der Waals surface area contributed by atoms with Gasteiger partial charge in [-0.1, -0.05) is 0 Å². The first-order chi connectivity index (χ1) is 12.1. The Morgan fingerprint density at radius 1 is 1.32 bits per heavy atom. The van der Waals surface area contributed by atoms with Crippen molar-refractivity contribution in [3.63, 3.8) is 0 Å². The Labute approximate surface area is 147 Å². The summed E-state index contributed by atoms with van der Waals surface area (Å²) in [6.07, 6.45) is 7.63. The second-order valence-electron chi connectivity index (χ2n) is 7.85. The normalized spacial score (nSPS) is 32.4. The van der Waals surface area contributed by atoms with Gasteiger partial charge in [0.1, 0.15) is 18.3 Å². The van der Waals surface area contributed by atoms with Crippen LogP contribution in [0.1, 0.15) is 32.1 Å². The number of aromatic nitrogens is 3. The van der Waals surface area contributed by atoms with Crippen LogP contribution in [-0.4, -0.2) is 74.8 Å². The van der Waals surface area contributed by atoms with Crippen molar-refractivity contribution in [2.75, 3.05) is 32.9 Å². The second-order valence-corrected chi connectivity index (χ2v) is 7.85. The highest BCUT2D eigenvalue weighted by Gasteiger charge is 2.50. The molecule has 2 saturated heterocycles. The van der Waals surface area contributed by atoms with Crippen molar-refractivity contribution in [3.05, 3.63) is 12.7 Å². The molecule has 8 nitrogen and oxygen atoms in total. The highest BCUT2D eigenvalue weighted by molar-refractivity contribution is 5.68. The highest BCUT2D eigenvalue weighted by atomic mass is 16.5. The molecule has 0 radical (unpaired) electrons. The van der Waals surface area contributed by atoms with Crippen LogP contribution in [0.4, 0.5) is 0 Å². The van der Waals surface area contributed by atoms with Crippen LogP contribution < -0.4 is 0 Å². The molecule has 25 heavy (non-hydrogen) atoms. The van der Waals surface area contributed by atoms with Gasteiger partial charge in [-0.2, -0.15) is 0 Å². The molecule has 0 amide bonds. The fourth-order valence-electron chi connectivity index (χ4n) is 4.66. The third-order valence-electron chi connectivity index (χ3n) is 6.01. The van der Waals surface area contributed by atoms with Crippen LogP contribution >= 0.6 is 0 Å². The number of carboxylic acid groups (broad SMARTS) is 1. The van der Waals surface area contributed by atoms with E-state index in [0.29, 0.717) is 25.7 Å². The van der Waals surface area contributed by atoms with Gasteiger partial charge in [0.15, 0.2) is 0 Å². The van der Waals surface area contributed by atoms with Gasteiger partial charge >= 0.3 is 5.97 Å². The Morgan fingerprint density at radius 3 is 2.80 bits per heavy atom. The molecule has 1 aromatic rings. The van der Waals surface area contributed by atoms with Crippen molar-refractivity contribution < 1.29 is 19.4 Å². The fourth-order valence-corrected chi connectivity index (χ4v) is 4.66. The van der Waals surface area contributed by atoms with Gasteiger partial charge in [-0.25, -0.2) is 0 Å². The average Bonchev–Trinajstić information content (AvgIpc) is 3.12. The molecule has 3 fully saturated rings. The lowest BCUT2D eigenvalue weighted by Gasteiger charge is -2.51. The zero-order chi connectivity index (χ0) is 17.3. The van der Waals surface area contributed by atoms with Gasteiger partial charge in [0.2, 0.25) is 0 Å². The van der Waals surface area contributed by atoms with E-state index in [4.69, 9.17) is 9.47 Å². The van der Waals surface area contributed by atoms with Crippen LogP contribution in [0.2, 0.25) is 0 Å². The number of carboxylic acids is 1. The molecule has 0 aromatic carbocycles. The van der Waals surface area contributed by atoms with Gasteiger partial charge < -0.3 is 19.1 Å². The van der Waals surface area contributed by atoms with Gasteiger partial charge in [-0.3, -0.25) is 9.69 Å². The smallest absolute Gasteiger partial charge is 0.305 e. The van der Waals surface area contributed by atoms with Crippen LogP contribution in [0.3, 0.4) is 0 Å². The van der Waals surface area contributed by atoms with E-state index in [9.17, 15) is 9.90 Å². The summed E-state index contributed by atoms with van der Waals surface area (Å²) in [5.74, 6) is -0.312. The first-order valence-electron chi connectivity index (χ1n) is 9.10. The number of carbonyl (C=O) groups is 1. The number of rotatable bonds is 5. The zero-order valence-corrected chi connectivity index (χ0v) is 14.5. The first-order valence-corrected chi connectivity index (χ1v) is 9.10. The fraction of sp³-hybridized carbons (Fsp3) is 0.824. The number of aliphatic carboxylic acids is 1. The Balaban J connectivity index is 1.45. The molecular weight excluding hydrogens is 324 g/mol. The van der Waals surface area contributed by atoms with E-state index in [1.54, 1.807) is 12.7 Å². The summed E-state index contributed by atoms with van der Waals surface area (Å²) in [5.41, 5.74) is -0.529. The van der Waals surface area contributed by atoms with Crippen LogP contribution in [0.25, 0.3) is 0 Å². The summed E-state index contributed by atoms with van der Waals surface area (Å²) in [7, 11) is 0. The molecular formula is C17H26N4O4. The third kappa shape index (κ3) is 3.43. The van der Waals surface area contributed by atoms with E-state index in [1.165, 1.54) is 0 Å². The lowest BCUT2D eigenvalue weighted by molar-refractivity contribution is -0.144. The molecule has 1 aliphatic carbocycles. The minimum Gasteiger partial charge on any atom is -0.481 e. The van der Waals surface area contributed by atoms with Crippen molar-refractivity contribution in [1.82, 2.24) is 19.7 Å². The molecule has 2 atom stereocenters. The minimum absolute atomic E-state index is 0.206. The number of hydrogen-bond acceptors (Lipinski definition) is 6. The lowest BCUT2D eigenvalue weighted by atomic mass is 9.72. The molecule has 8 heteroatoms. The Bertz CT molecular complexity index is 604. The van der Waals surface area contributed by atoms with E-state index in [2.05, 4.69) is 15.1 Å². The zero-order valence-electron chi connectivity index (χ0n) is 14.5. The summed E-state index contributed by atoms with van der Waals surface area (Å²) >= 11 is 0. The SMILES string of the molecule is O=C(O)CC1(N2CCOCC3(CC(Cn4cnnc4)CO3)C2)CCC1. The van der Waals surface area contributed by atoms with Crippen molar-refractivity contribution in [1.29, 1.82) is 0 Å². The third-order valence-corrected chi connectivity index (χ3v) is 6.01. The predicted octanol–water partition coefficient (Wildman–Crippen LogP) is 0.783. The van der Waals surface area contributed by atoms with E-state index >= 15 is 0 Å². The summed E-state index contributed by atoms with van der Waals surface area (Å²) in [6, 6.07) is 0. The largest absolute Gasteiger partial charge is 0.481 e. The van der Waals surface area contributed by atoms with E-state index in [1.807, 2.05) is 4.57 Å². The Hall–Kier alpha value is -1.51. The molecule has 1 aromatic heterocycles. The topological polar surface area (TPSA) is 89.7 Å². The van der Waals surface area contributed by atoms with Gasteiger partial charge in [-0.15, -0.1) is 10.2 Å². The quantitative estimate of drug-likeness (QED) is 0.839. The van der Waals surface area contributed by atoms with Gasteiger partial charge in [0.25, 0.3) is 0 Å². The maximum atomic E-state index is 11.4. The van der Waals surface area contributed by atoms with Gasteiger partial charge in [0.05, 0.1) is 26.2 Å². The van der Waals surface area contributed by atoms with E-state index in [-0.39, 0.29) is 17.6 Å². The average molecular weight is 350 g/mol. The van der Waals surface area contributed by atoms with Crippen LogP contribution in [0, 0.1) is 5.92 Å². The summed E-state index contributed by atoms with van der Waals surface area (Å²) < 4.78 is 14.1. The van der Waals surface area contributed by atoms with Crippen LogP contribution in [0.5, 0.6) is 0 Å². The molecule has 1 saturated carbocycles. The minimum atomic E-state index is -0.711. The monoisotopic (exact) mass is 350 g/mol. The van der Waals surface area contributed by atoms with Crippen molar-refractivity contribution >= 4 is 5.97 Å². The molecule has 4 rings (SSSR count). The van der Waals surface area contributed by atoms with Gasteiger partial charge in [-0.05, 0) is 25.7 Å². The maximum Gasteiger partial charge on any atom is 0.305 e. The summed E-state index contributed by atoms with van der Waals surface area (Å²) in [6.45, 7) is 4.32. The van der Waals surface area contributed by atoms with Crippen LogP contribution in [0.15, 0.2) is 12.7 Å². The van der Waals surface area contributed by atoms with Crippen molar-refractivity contribution in [2.45, 2.75) is 49.8 Å². The second kappa shape index (κ2) is 6.66. The maximum absolute atomic E-state index is 11.4. The molecule has 0 bridgehead atoms. The molecule has 1 spiro atoms. The molecule has 2 unspecified atom stereocenters. The van der Waals surface area contributed by atoms with E-state index in [0.717, 1.165) is 45.3 Å². The highest BCUT2D eigenvalue weighted by Crippen LogP contribution is 2.44. The molecule has 3 aliphatic rings. The van der Waals surface area contributed by atoms with Crippen LogP contribution in [-0.2, 0) is 20.8 Å². The van der Waals surface area contributed by atoms with Crippen molar-refractivity contribution in [2.24, 2.45) is 5.92 Å². The molecule has 2 aliphatic heterocycles. The van der Waals surface area contributed by atoms with Crippen molar-refractivity contribution in [3.8, 4) is 0 Å². The predicted molar refractivity (Wildman–Crippen MR) is 88.0 cm³/mol. The Kier molecular flexibility index (Phi) is 4.51. The number of ether oxygens (including phenoxy) is 2. The molecule has 1 N–H and O–H groups in total. The molecule has 138 valence electrons. The van der Waals surface area contributed by atoms with E-state index < -0.39 is 5.97 Å². The first kappa shape index (κ1) is 16.9.